The van der Waals surface area contributed by atoms with Crippen molar-refractivity contribution in [2.75, 3.05) is 5.84 Å². The number of nitrogens with zero attached hydrogens (tertiary/aromatic N) is 1. The summed E-state index contributed by atoms with van der Waals surface area (Å²) < 4.78 is 1.76. The summed E-state index contributed by atoms with van der Waals surface area (Å²) in [6.45, 7) is 2.08. The van der Waals surface area contributed by atoms with Crippen LogP contribution in [0.3, 0.4) is 0 Å². The molecule has 0 amide bonds. The Morgan fingerprint density at radius 2 is 1.67 bits per heavy atom. The number of benzene rings is 2. The van der Waals surface area contributed by atoms with Gasteiger partial charge in [0.1, 0.15) is 0 Å². The zero-order valence-electron chi connectivity index (χ0n) is 8.57. The third-order valence-electron chi connectivity index (χ3n) is 2.87. The van der Waals surface area contributed by atoms with Crippen LogP contribution in [0.5, 0.6) is 0 Å². The smallest absolute Gasteiger partial charge is 0.0706 e. The van der Waals surface area contributed by atoms with Crippen LogP contribution < -0.4 is 5.84 Å². The van der Waals surface area contributed by atoms with Crippen molar-refractivity contribution in [2.24, 2.45) is 0 Å². The number of hydrogen-bond donors (Lipinski definition) is 1. The van der Waals surface area contributed by atoms with Crippen molar-refractivity contribution in [3.05, 3.63) is 48.0 Å². The Labute approximate surface area is 87.9 Å². The van der Waals surface area contributed by atoms with Gasteiger partial charge in [0.05, 0.1) is 11.0 Å². The van der Waals surface area contributed by atoms with Crippen LogP contribution in [-0.2, 0) is 0 Å². The number of para-hydroxylation sites is 1. The fourth-order valence-corrected chi connectivity index (χ4v) is 2.11. The molecular weight excluding hydrogens is 184 g/mol. The van der Waals surface area contributed by atoms with Gasteiger partial charge in [0.2, 0.25) is 0 Å². The largest absolute Gasteiger partial charge is 0.339 e. The average Bonchev–Trinajstić information content (AvgIpc) is 2.54. The van der Waals surface area contributed by atoms with E-state index in [4.69, 9.17) is 5.84 Å². The van der Waals surface area contributed by atoms with Gasteiger partial charge in [-0.15, -0.1) is 0 Å². The number of aryl methyl sites for hydroxylation is 1. The van der Waals surface area contributed by atoms with E-state index < -0.39 is 0 Å². The molecule has 2 aromatic carbocycles. The molecule has 0 aliphatic carbocycles. The Morgan fingerprint density at radius 3 is 2.53 bits per heavy atom. The first-order valence-corrected chi connectivity index (χ1v) is 5.02. The van der Waals surface area contributed by atoms with E-state index >= 15 is 0 Å². The first-order chi connectivity index (χ1) is 7.27. The molecule has 15 heavy (non-hydrogen) atoms. The van der Waals surface area contributed by atoms with E-state index in [9.17, 15) is 0 Å². The minimum Gasteiger partial charge on any atom is -0.339 e. The van der Waals surface area contributed by atoms with Crippen LogP contribution >= 0.6 is 0 Å². The van der Waals surface area contributed by atoms with Crippen molar-refractivity contribution in [3.8, 4) is 0 Å². The number of fused-ring (bicyclic) bond motifs is 3. The molecule has 0 atom stereocenters. The summed E-state index contributed by atoms with van der Waals surface area (Å²) >= 11 is 0. The normalized spacial score (nSPS) is 11.3. The Morgan fingerprint density at radius 1 is 0.933 bits per heavy atom. The predicted molar refractivity (Wildman–Crippen MR) is 64.3 cm³/mol. The van der Waals surface area contributed by atoms with E-state index in [0.29, 0.717) is 0 Å². The second-order valence-corrected chi connectivity index (χ2v) is 3.91. The average molecular weight is 196 g/mol. The molecule has 3 rings (SSSR count). The summed E-state index contributed by atoms with van der Waals surface area (Å²) in [6, 6.07) is 14.6. The molecule has 0 aliphatic heterocycles. The second kappa shape index (κ2) is 2.76. The Balaban J connectivity index is 2.63. The highest BCUT2D eigenvalue weighted by Crippen LogP contribution is 2.27. The van der Waals surface area contributed by atoms with Crippen LogP contribution in [0, 0.1) is 6.92 Å². The molecule has 1 heterocycles. The van der Waals surface area contributed by atoms with Crippen LogP contribution in [0.25, 0.3) is 21.8 Å². The van der Waals surface area contributed by atoms with E-state index in [2.05, 4.69) is 31.2 Å². The highest BCUT2D eigenvalue weighted by atomic mass is 15.3. The summed E-state index contributed by atoms with van der Waals surface area (Å²) in [4.78, 5) is 0. The molecule has 2 N–H and O–H groups in total. The topological polar surface area (TPSA) is 30.9 Å². The van der Waals surface area contributed by atoms with Gasteiger partial charge in [-0.2, -0.15) is 0 Å². The van der Waals surface area contributed by atoms with Crippen LogP contribution in [0.2, 0.25) is 0 Å². The fourth-order valence-electron chi connectivity index (χ4n) is 2.11. The lowest BCUT2D eigenvalue weighted by Gasteiger charge is -1.98. The Bertz CT molecular complexity index is 650. The quantitative estimate of drug-likeness (QED) is 0.551. The maximum atomic E-state index is 6.06. The predicted octanol–water partition coefficient (Wildman–Crippen LogP) is 2.82. The summed E-state index contributed by atoms with van der Waals surface area (Å²) in [5.74, 6) is 6.06. The highest BCUT2D eigenvalue weighted by Gasteiger charge is 2.06. The number of rotatable bonds is 0. The lowest BCUT2D eigenvalue weighted by molar-refractivity contribution is 1.12. The fraction of sp³-hybridized carbons (Fsp3) is 0.0769. The minimum atomic E-state index is 1.08. The third kappa shape index (κ3) is 1.05. The van der Waals surface area contributed by atoms with Crippen molar-refractivity contribution >= 4 is 21.8 Å². The maximum Gasteiger partial charge on any atom is 0.0706 e. The highest BCUT2D eigenvalue weighted by molar-refractivity contribution is 6.08. The minimum absolute atomic E-state index is 1.08. The van der Waals surface area contributed by atoms with E-state index in [-0.39, 0.29) is 0 Å². The van der Waals surface area contributed by atoms with Crippen LogP contribution in [0.4, 0.5) is 0 Å². The molecule has 74 valence electrons. The monoisotopic (exact) mass is 196 g/mol. The van der Waals surface area contributed by atoms with Gasteiger partial charge < -0.3 is 5.84 Å². The molecule has 0 saturated heterocycles. The molecule has 3 aromatic rings. The van der Waals surface area contributed by atoms with E-state index in [1.807, 2.05) is 18.2 Å². The van der Waals surface area contributed by atoms with Gasteiger partial charge in [-0.25, -0.2) is 0 Å². The molecule has 0 radical (unpaired) electrons. The van der Waals surface area contributed by atoms with Crippen LogP contribution in [0.1, 0.15) is 5.56 Å². The van der Waals surface area contributed by atoms with Gasteiger partial charge in [0.15, 0.2) is 0 Å². The summed E-state index contributed by atoms with van der Waals surface area (Å²) in [5.41, 5.74) is 3.41. The molecule has 0 spiro atoms. The molecule has 0 bridgehead atoms. The molecule has 2 heteroatoms. The second-order valence-electron chi connectivity index (χ2n) is 3.91. The molecular formula is C13H12N2. The Hall–Kier alpha value is -1.96. The molecule has 1 aromatic heterocycles. The molecule has 2 nitrogen and oxygen atoms in total. The van der Waals surface area contributed by atoms with Crippen LogP contribution in [0.15, 0.2) is 42.5 Å². The van der Waals surface area contributed by atoms with Crippen molar-refractivity contribution in [3.63, 3.8) is 0 Å². The van der Waals surface area contributed by atoms with Crippen molar-refractivity contribution in [2.45, 2.75) is 6.92 Å². The van der Waals surface area contributed by atoms with Crippen LogP contribution in [-0.4, -0.2) is 4.68 Å². The summed E-state index contributed by atoms with van der Waals surface area (Å²) in [5, 5.41) is 2.44. The zero-order valence-corrected chi connectivity index (χ0v) is 8.57. The first-order valence-electron chi connectivity index (χ1n) is 5.02. The SMILES string of the molecule is Cc1ccc2c3ccccc3n(N)c2c1. The maximum absolute atomic E-state index is 6.06. The first kappa shape index (κ1) is 8.36. The van der Waals surface area contributed by atoms with E-state index in [1.54, 1.807) is 4.68 Å². The van der Waals surface area contributed by atoms with Crippen molar-refractivity contribution in [1.29, 1.82) is 0 Å². The lowest BCUT2D eigenvalue weighted by atomic mass is 10.1. The number of nitrogens with two attached hydrogens (primary N) is 1. The molecule has 0 unspecified atom stereocenters. The van der Waals surface area contributed by atoms with Gasteiger partial charge in [0, 0.05) is 10.8 Å². The molecule has 0 saturated carbocycles. The molecule has 0 fully saturated rings. The van der Waals surface area contributed by atoms with E-state index in [0.717, 1.165) is 11.0 Å². The van der Waals surface area contributed by atoms with Gasteiger partial charge in [-0.3, -0.25) is 4.68 Å². The number of hydrogen-bond acceptors (Lipinski definition) is 1. The van der Waals surface area contributed by atoms with Gasteiger partial charge >= 0.3 is 0 Å². The van der Waals surface area contributed by atoms with Crippen molar-refractivity contribution in [1.82, 2.24) is 4.68 Å². The molecule has 0 aliphatic rings. The van der Waals surface area contributed by atoms with Gasteiger partial charge in [-0.1, -0.05) is 30.3 Å². The summed E-state index contributed by atoms with van der Waals surface area (Å²) in [7, 11) is 0. The van der Waals surface area contributed by atoms with Gasteiger partial charge in [0.25, 0.3) is 0 Å². The number of nitrogen functional groups attached to an aromatic ring is 1. The standard InChI is InChI=1S/C13H12N2/c1-9-6-7-11-10-4-2-3-5-12(10)15(14)13(11)8-9/h2-8H,14H2,1H3. The van der Waals surface area contributed by atoms with Gasteiger partial charge in [-0.05, 0) is 24.6 Å². The lowest BCUT2D eigenvalue weighted by Crippen LogP contribution is -2.06. The van der Waals surface area contributed by atoms with E-state index in [1.165, 1.54) is 16.3 Å². The zero-order chi connectivity index (χ0) is 10.4. The summed E-state index contributed by atoms with van der Waals surface area (Å²) in [6.07, 6.45) is 0. The number of aromatic nitrogens is 1. The van der Waals surface area contributed by atoms with Crippen molar-refractivity contribution < 1.29 is 0 Å². The Kier molecular flexibility index (Phi) is 1.54. The third-order valence-corrected chi connectivity index (χ3v) is 2.87.